The zero-order chi connectivity index (χ0) is 17.2. The summed E-state index contributed by atoms with van der Waals surface area (Å²) in [6, 6.07) is 7.91. The first-order chi connectivity index (χ1) is 10.7. The van der Waals surface area contributed by atoms with Crippen LogP contribution in [0.1, 0.15) is 23.6 Å². The van der Waals surface area contributed by atoms with Crippen molar-refractivity contribution in [1.29, 1.82) is 0 Å². The van der Waals surface area contributed by atoms with Gasteiger partial charge in [-0.2, -0.15) is 13.2 Å². The van der Waals surface area contributed by atoms with Gasteiger partial charge >= 0.3 is 6.18 Å². The number of benzene rings is 2. The van der Waals surface area contributed by atoms with E-state index in [4.69, 9.17) is 5.73 Å². The Kier molecular flexibility index (Phi) is 4.49. The molecule has 1 amide bonds. The Labute approximate surface area is 130 Å². The number of rotatable bonds is 3. The predicted octanol–water partition coefficient (Wildman–Crippen LogP) is 3.54. The summed E-state index contributed by atoms with van der Waals surface area (Å²) in [6.07, 6.45) is -4.29. The second-order valence-electron chi connectivity index (χ2n) is 5.09. The average Bonchev–Trinajstić information content (AvgIpc) is 2.46. The quantitative estimate of drug-likeness (QED) is 0.597. The fourth-order valence-corrected chi connectivity index (χ4v) is 2.17. The molecule has 0 atom stereocenters. The topological polar surface area (TPSA) is 75.4 Å². The lowest BCUT2D eigenvalue weighted by Crippen LogP contribution is -2.08. The number of aromatic hydroxyl groups is 1. The molecular formula is C16H15F3N2O2. The molecule has 122 valence electrons. The second kappa shape index (κ2) is 6.20. The van der Waals surface area contributed by atoms with Crippen molar-refractivity contribution >= 4 is 17.3 Å². The number of carbonyl (C=O) groups excluding carboxylic acids is 1. The highest BCUT2D eigenvalue weighted by molar-refractivity contribution is 5.92. The van der Waals surface area contributed by atoms with Gasteiger partial charge in [-0.25, -0.2) is 0 Å². The van der Waals surface area contributed by atoms with E-state index in [1.165, 1.54) is 19.1 Å². The van der Waals surface area contributed by atoms with Crippen LogP contribution >= 0.6 is 0 Å². The smallest absolute Gasteiger partial charge is 0.416 e. The molecule has 2 aromatic rings. The lowest BCUT2D eigenvalue weighted by Gasteiger charge is -2.13. The van der Waals surface area contributed by atoms with Gasteiger partial charge in [-0.15, -0.1) is 0 Å². The average molecular weight is 324 g/mol. The maximum atomic E-state index is 12.7. The van der Waals surface area contributed by atoms with Crippen LogP contribution in [0.3, 0.4) is 0 Å². The molecule has 4 N–H and O–H groups in total. The van der Waals surface area contributed by atoms with Crippen LogP contribution in [0.5, 0.6) is 5.75 Å². The number of phenols is 1. The molecule has 0 bridgehead atoms. The van der Waals surface area contributed by atoms with Gasteiger partial charge in [0, 0.05) is 6.92 Å². The van der Waals surface area contributed by atoms with Crippen LogP contribution in [0.2, 0.25) is 0 Å². The highest BCUT2D eigenvalue weighted by Gasteiger charge is 2.30. The molecule has 0 radical (unpaired) electrons. The number of anilines is 2. The summed E-state index contributed by atoms with van der Waals surface area (Å²) in [6.45, 7) is 1.28. The zero-order valence-corrected chi connectivity index (χ0v) is 12.2. The number of nitrogens with two attached hydrogens (primary N) is 1. The molecule has 0 spiro atoms. The molecule has 0 unspecified atom stereocenters. The molecule has 23 heavy (non-hydrogen) atoms. The van der Waals surface area contributed by atoms with Crippen LogP contribution in [0, 0.1) is 0 Å². The Balaban J connectivity index is 2.31. The van der Waals surface area contributed by atoms with Crippen molar-refractivity contribution in [3.8, 4) is 5.75 Å². The van der Waals surface area contributed by atoms with Crippen LogP contribution in [0.25, 0.3) is 0 Å². The van der Waals surface area contributed by atoms with Gasteiger partial charge in [0.1, 0.15) is 0 Å². The highest BCUT2D eigenvalue weighted by atomic mass is 19.4. The summed E-state index contributed by atoms with van der Waals surface area (Å²) in [5.41, 5.74) is 6.13. The standard InChI is InChI=1S/C16H15F3N2O2/c1-9(22)21-13-6-5-11(14(20)15(13)23)7-10-3-2-4-12(8-10)16(17,18)19/h2-6,8,23H,7,20H2,1H3,(H,21,22). The number of amides is 1. The summed E-state index contributed by atoms with van der Waals surface area (Å²) < 4.78 is 38.2. The van der Waals surface area contributed by atoms with Crippen LogP contribution in [-0.4, -0.2) is 11.0 Å². The van der Waals surface area contributed by atoms with Crippen LogP contribution in [0.15, 0.2) is 36.4 Å². The van der Waals surface area contributed by atoms with Crippen LogP contribution in [-0.2, 0) is 17.4 Å². The number of halogens is 3. The highest BCUT2D eigenvalue weighted by Crippen LogP contribution is 2.35. The molecule has 0 aliphatic carbocycles. The first-order valence-electron chi connectivity index (χ1n) is 6.72. The van der Waals surface area contributed by atoms with E-state index >= 15 is 0 Å². The Morgan fingerprint density at radius 3 is 2.57 bits per heavy atom. The number of hydrogen-bond donors (Lipinski definition) is 3. The third kappa shape index (κ3) is 3.94. The second-order valence-corrected chi connectivity index (χ2v) is 5.09. The monoisotopic (exact) mass is 324 g/mol. The summed E-state index contributed by atoms with van der Waals surface area (Å²) in [5, 5.41) is 12.4. The van der Waals surface area contributed by atoms with E-state index in [9.17, 15) is 23.1 Å². The van der Waals surface area contributed by atoms with Gasteiger partial charge in [0.25, 0.3) is 0 Å². The molecule has 7 heteroatoms. The van der Waals surface area contributed by atoms with E-state index in [1.807, 2.05) is 0 Å². The molecule has 0 aliphatic rings. The third-order valence-corrected chi connectivity index (χ3v) is 3.27. The lowest BCUT2D eigenvalue weighted by atomic mass is 10.0. The molecule has 0 saturated heterocycles. The number of alkyl halides is 3. The number of hydrogen-bond acceptors (Lipinski definition) is 3. The van der Waals surface area contributed by atoms with E-state index in [0.29, 0.717) is 11.1 Å². The molecular weight excluding hydrogens is 309 g/mol. The predicted molar refractivity (Wildman–Crippen MR) is 81.1 cm³/mol. The molecule has 0 aliphatic heterocycles. The summed E-state index contributed by atoms with van der Waals surface area (Å²) >= 11 is 0. The van der Waals surface area contributed by atoms with Crippen LogP contribution < -0.4 is 11.1 Å². The first-order valence-corrected chi connectivity index (χ1v) is 6.72. The fraction of sp³-hybridized carbons (Fsp3) is 0.188. The molecule has 0 heterocycles. The molecule has 2 rings (SSSR count). The number of nitrogens with one attached hydrogen (secondary N) is 1. The van der Waals surface area contributed by atoms with Gasteiger partial charge in [0.2, 0.25) is 5.91 Å². The van der Waals surface area contributed by atoms with Gasteiger partial charge in [-0.05, 0) is 29.7 Å². The Hall–Kier alpha value is -2.70. The molecule has 0 saturated carbocycles. The number of carbonyl (C=O) groups is 1. The molecule has 4 nitrogen and oxygen atoms in total. The summed E-state index contributed by atoms with van der Waals surface area (Å²) in [5.74, 6) is -0.671. The molecule has 0 aromatic heterocycles. The first kappa shape index (κ1) is 16.7. The van der Waals surface area contributed by atoms with Crippen molar-refractivity contribution in [3.63, 3.8) is 0 Å². The van der Waals surface area contributed by atoms with Gasteiger partial charge in [-0.1, -0.05) is 24.3 Å². The largest absolute Gasteiger partial charge is 0.504 e. The maximum absolute atomic E-state index is 12.7. The SMILES string of the molecule is CC(=O)Nc1ccc(Cc2cccc(C(F)(F)F)c2)c(N)c1O. The van der Waals surface area contributed by atoms with Crippen LogP contribution in [0.4, 0.5) is 24.5 Å². The van der Waals surface area contributed by atoms with Gasteiger partial charge in [0.15, 0.2) is 5.75 Å². The summed E-state index contributed by atoms with van der Waals surface area (Å²) in [4.78, 5) is 11.0. The van der Waals surface area contributed by atoms with E-state index < -0.39 is 11.7 Å². The lowest BCUT2D eigenvalue weighted by molar-refractivity contribution is -0.137. The van der Waals surface area contributed by atoms with Crippen molar-refractivity contribution in [2.75, 3.05) is 11.1 Å². The van der Waals surface area contributed by atoms with Crippen molar-refractivity contribution in [2.24, 2.45) is 0 Å². The van der Waals surface area contributed by atoms with Crippen molar-refractivity contribution < 1.29 is 23.1 Å². The Bertz CT molecular complexity index is 743. The van der Waals surface area contributed by atoms with Crippen molar-refractivity contribution in [1.82, 2.24) is 0 Å². The minimum Gasteiger partial charge on any atom is -0.504 e. The fourth-order valence-electron chi connectivity index (χ4n) is 2.17. The zero-order valence-electron chi connectivity index (χ0n) is 12.2. The van der Waals surface area contributed by atoms with Crippen molar-refractivity contribution in [2.45, 2.75) is 19.5 Å². The summed E-state index contributed by atoms with van der Waals surface area (Å²) in [7, 11) is 0. The minimum absolute atomic E-state index is 0.0219. The maximum Gasteiger partial charge on any atom is 0.416 e. The van der Waals surface area contributed by atoms with Gasteiger partial charge in [-0.3, -0.25) is 4.79 Å². The van der Waals surface area contributed by atoms with E-state index in [0.717, 1.165) is 12.1 Å². The van der Waals surface area contributed by atoms with E-state index in [2.05, 4.69) is 5.32 Å². The number of phenolic OH excluding ortho intramolecular Hbond substituents is 1. The van der Waals surface area contributed by atoms with Gasteiger partial charge < -0.3 is 16.2 Å². The molecule has 0 fully saturated rings. The van der Waals surface area contributed by atoms with Crippen molar-refractivity contribution in [3.05, 3.63) is 53.1 Å². The minimum atomic E-state index is -4.42. The Morgan fingerprint density at radius 2 is 1.96 bits per heavy atom. The normalized spacial score (nSPS) is 11.3. The third-order valence-electron chi connectivity index (χ3n) is 3.27. The number of nitrogen functional groups attached to an aromatic ring is 1. The Morgan fingerprint density at radius 1 is 1.26 bits per heavy atom. The van der Waals surface area contributed by atoms with E-state index in [-0.39, 0.29) is 29.5 Å². The van der Waals surface area contributed by atoms with Gasteiger partial charge in [0.05, 0.1) is 16.9 Å². The van der Waals surface area contributed by atoms with E-state index in [1.54, 1.807) is 12.1 Å². The molecule has 2 aromatic carbocycles.